The second-order valence-corrected chi connectivity index (χ2v) is 1.91. The number of halogens is 3. The molecule has 2 N–H and O–H groups in total. The molecule has 0 spiro atoms. The van der Waals surface area contributed by atoms with Crippen LogP contribution in [-0.2, 0) is 14.3 Å². The molecule has 0 amide bonds. The van der Waals surface area contributed by atoms with Gasteiger partial charge in [-0.25, -0.2) is 9.59 Å². The number of rotatable bonds is 3. The molecule has 5 nitrogen and oxygen atoms in total. The molecule has 13 heavy (non-hydrogen) atoms. The summed E-state index contributed by atoms with van der Waals surface area (Å²) in [5, 5.41) is 16.3. The van der Waals surface area contributed by atoms with E-state index in [-0.39, 0.29) is 0 Å². The Hall–Kier alpha value is -1.31. The Morgan fingerprint density at radius 2 is 1.85 bits per heavy atom. The van der Waals surface area contributed by atoms with Gasteiger partial charge in [0.25, 0.3) is 0 Å². The van der Waals surface area contributed by atoms with Gasteiger partial charge in [0.05, 0.1) is 6.61 Å². The zero-order valence-corrected chi connectivity index (χ0v) is 6.04. The number of aliphatic hydroxyl groups excluding tert-OH is 1. The average Bonchev–Trinajstić information content (AvgIpc) is 1.96. The first-order chi connectivity index (χ1) is 5.79. The van der Waals surface area contributed by atoms with Crippen molar-refractivity contribution >= 4 is 11.9 Å². The van der Waals surface area contributed by atoms with E-state index in [1.807, 2.05) is 0 Å². The molecule has 0 fully saturated rings. The minimum atomic E-state index is -5.26. The fourth-order valence-electron chi connectivity index (χ4n) is 0.362. The minimum absolute atomic E-state index is 1.21. The van der Waals surface area contributed by atoms with Crippen molar-refractivity contribution in [1.29, 1.82) is 0 Å². The summed E-state index contributed by atoms with van der Waals surface area (Å²) in [4.78, 5) is 20.0. The maximum Gasteiger partial charge on any atom is 0.490 e. The summed E-state index contributed by atoms with van der Waals surface area (Å²) in [7, 11) is 0. The van der Waals surface area contributed by atoms with Crippen LogP contribution in [0.5, 0.6) is 0 Å². The Bertz CT molecular complexity index is 211. The van der Waals surface area contributed by atoms with Crippen LogP contribution >= 0.6 is 0 Å². The standard InChI is InChI=1S/C5H5F3O5/c6-5(7,8)4(12)13-2(1-9)3(10)11/h2,9H,1H2,(H,10,11)/t2-/m0/s1. The highest BCUT2D eigenvalue weighted by molar-refractivity contribution is 5.80. The lowest BCUT2D eigenvalue weighted by Gasteiger charge is -2.11. The summed E-state index contributed by atoms with van der Waals surface area (Å²) in [6.45, 7) is -1.21. The van der Waals surface area contributed by atoms with Crippen molar-refractivity contribution in [2.75, 3.05) is 6.61 Å². The Morgan fingerprint density at radius 3 is 2.08 bits per heavy atom. The maximum absolute atomic E-state index is 11.5. The molecule has 0 rings (SSSR count). The summed E-state index contributed by atoms with van der Waals surface area (Å²) >= 11 is 0. The second-order valence-electron chi connectivity index (χ2n) is 1.91. The van der Waals surface area contributed by atoms with Crippen molar-refractivity contribution in [3.63, 3.8) is 0 Å². The van der Waals surface area contributed by atoms with Crippen molar-refractivity contribution in [3.8, 4) is 0 Å². The Balaban J connectivity index is 4.26. The van der Waals surface area contributed by atoms with Gasteiger partial charge in [-0.2, -0.15) is 13.2 Å². The van der Waals surface area contributed by atoms with E-state index < -0.39 is 30.8 Å². The van der Waals surface area contributed by atoms with Crippen molar-refractivity contribution in [3.05, 3.63) is 0 Å². The van der Waals surface area contributed by atoms with Gasteiger partial charge in [-0.15, -0.1) is 0 Å². The second kappa shape index (κ2) is 4.08. The highest BCUT2D eigenvalue weighted by atomic mass is 19.4. The number of aliphatic carboxylic acids is 1. The molecule has 0 aliphatic carbocycles. The fraction of sp³-hybridized carbons (Fsp3) is 0.600. The molecule has 0 radical (unpaired) electrons. The molecule has 0 aliphatic rings. The van der Waals surface area contributed by atoms with Crippen LogP contribution < -0.4 is 0 Å². The first kappa shape index (κ1) is 11.7. The Labute approximate surface area is 69.7 Å². The number of hydrogen-bond donors (Lipinski definition) is 2. The summed E-state index contributed by atoms with van der Waals surface area (Å²) in [6, 6.07) is 0. The number of carboxylic acid groups (broad SMARTS) is 1. The van der Waals surface area contributed by atoms with Gasteiger partial charge in [0.1, 0.15) is 0 Å². The molecule has 0 heterocycles. The lowest BCUT2D eigenvalue weighted by atomic mass is 10.4. The number of carbonyl (C=O) groups is 2. The van der Waals surface area contributed by atoms with E-state index in [4.69, 9.17) is 10.2 Å². The van der Waals surface area contributed by atoms with Crippen LogP contribution in [-0.4, -0.2) is 41.0 Å². The summed E-state index contributed by atoms with van der Waals surface area (Å²) in [5.41, 5.74) is 0. The van der Waals surface area contributed by atoms with Gasteiger partial charge < -0.3 is 14.9 Å². The molecular formula is C5H5F3O5. The first-order valence-electron chi connectivity index (χ1n) is 2.90. The minimum Gasteiger partial charge on any atom is -0.478 e. The van der Waals surface area contributed by atoms with Crippen LogP contribution in [0, 0.1) is 0 Å². The number of alkyl halides is 3. The number of carbonyl (C=O) groups excluding carboxylic acids is 1. The predicted molar refractivity (Wildman–Crippen MR) is 30.7 cm³/mol. The number of hydrogen-bond acceptors (Lipinski definition) is 4. The zero-order valence-electron chi connectivity index (χ0n) is 6.04. The number of ether oxygens (including phenoxy) is 1. The molecule has 0 saturated heterocycles. The molecular weight excluding hydrogens is 197 g/mol. The SMILES string of the molecule is O=C(O)[C@H](CO)OC(=O)C(F)(F)F. The lowest BCUT2D eigenvalue weighted by Crippen LogP contribution is -2.36. The van der Waals surface area contributed by atoms with Gasteiger partial charge in [-0.3, -0.25) is 0 Å². The molecule has 0 aromatic rings. The van der Waals surface area contributed by atoms with Gasteiger partial charge in [-0.05, 0) is 0 Å². The predicted octanol–water partition coefficient (Wildman–Crippen LogP) is -0.463. The maximum atomic E-state index is 11.5. The third-order valence-corrected chi connectivity index (χ3v) is 0.922. The van der Waals surface area contributed by atoms with E-state index >= 15 is 0 Å². The van der Waals surface area contributed by atoms with E-state index in [1.54, 1.807) is 0 Å². The van der Waals surface area contributed by atoms with E-state index in [2.05, 4.69) is 4.74 Å². The monoisotopic (exact) mass is 202 g/mol. The van der Waals surface area contributed by atoms with Crippen molar-refractivity contribution in [2.45, 2.75) is 12.3 Å². The summed E-state index contributed by atoms with van der Waals surface area (Å²) in [5.74, 6) is -4.49. The van der Waals surface area contributed by atoms with Crippen molar-refractivity contribution < 1.29 is 37.7 Å². The van der Waals surface area contributed by atoms with Gasteiger partial charge >= 0.3 is 18.1 Å². The van der Waals surface area contributed by atoms with Crippen LogP contribution in [0.25, 0.3) is 0 Å². The van der Waals surface area contributed by atoms with Gasteiger partial charge in [0.15, 0.2) is 0 Å². The first-order valence-corrected chi connectivity index (χ1v) is 2.90. The van der Waals surface area contributed by atoms with Gasteiger partial charge in [-0.1, -0.05) is 0 Å². The molecule has 0 saturated carbocycles. The molecule has 0 bridgehead atoms. The van der Waals surface area contributed by atoms with Crippen LogP contribution in [0.3, 0.4) is 0 Å². The third-order valence-electron chi connectivity index (χ3n) is 0.922. The van der Waals surface area contributed by atoms with Crippen LogP contribution in [0.15, 0.2) is 0 Å². The Morgan fingerprint density at radius 1 is 1.38 bits per heavy atom. The van der Waals surface area contributed by atoms with Crippen LogP contribution in [0.2, 0.25) is 0 Å². The van der Waals surface area contributed by atoms with E-state index in [0.717, 1.165) is 0 Å². The summed E-state index contributed by atoms with van der Waals surface area (Å²) in [6.07, 6.45) is -7.45. The van der Waals surface area contributed by atoms with Gasteiger partial charge in [0, 0.05) is 0 Å². The fourth-order valence-corrected chi connectivity index (χ4v) is 0.362. The van der Waals surface area contributed by atoms with Crippen molar-refractivity contribution in [1.82, 2.24) is 0 Å². The lowest BCUT2D eigenvalue weighted by molar-refractivity contribution is -0.208. The summed E-state index contributed by atoms with van der Waals surface area (Å²) < 4.78 is 37.8. The van der Waals surface area contributed by atoms with Crippen LogP contribution in [0.1, 0.15) is 0 Å². The van der Waals surface area contributed by atoms with Gasteiger partial charge in [0.2, 0.25) is 6.10 Å². The van der Waals surface area contributed by atoms with Crippen LogP contribution in [0.4, 0.5) is 13.2 Å². The van der Waals surface area contributed by atoms with Crippen molar-refractivity contribution in [2.24, 2.45) is 0 Å². The molecule has 1 atom stereocenters. The average molecular weight is 202 g/mol. The largest absolute Gasteiger partial charge is 0.490 e. The molecule has 0 aliphatic heterocycles. The molecule has 0 aromatic carbocycles. The van der Waals surface area contributed by atoms with E-state index in [1.165, 1.54) is 0 Å². The zero-order chi connectivity index (χ0) is 10.6. The van der Waals surface area contributed by atoms with E-state index in [9.17, 15) is 22.8 Å². The smallest absolute Gasteiger partial charge is 0.478 e. The normalized spacial score (nSPS) is 13.5. The quantitative estimate of drug-likeness (QED) is 0.605. The number of carboxylic acids is 1. The topological polar surface area (TPSA) is 83.8 Å². The number of aliphatic hydroxyl groups is 1. The Kier molecular flexibility index (Phi) is 3.67. The number of esters is 1. The van der Waals surface area contributed by atoms with E-state index in [0.29, 0.717) is 0 Å². The molecule has 76 valence electrons. The highest BCUT2D eigenvalue weighted by Crippen LogP contribution is 2.17. The molecule has 8 heteroatoms. The molecule has 0 unspecified atom stereocenters. The third kappa shape index (κ3) is 3.74. The molecule has 0 aromatic heterocycles. The highest BCUT2D eigenvalue weighted by Gasteiger charge is 2.43.